The Labute approximate surface area is 172 Å². The van der Waals surface area contributed by atoms with E-state index in [2.05, 4.69) is 10.6 Å². The molecule has 0 unspecified atom stereocenters. The highest BCUT2D eigenvalue weighted by molar-refractivity contribution is 7.85. The monoisotopic (exact) mass is 437 g/mol. The number of hydrogen-bond acceptors (Lipinski definition) is 7. The van der Waals surface area contributed by atoms with Crippen LogP contribution in [-0.2, 0) is 14.9 Å². The average molecular weight is 438 g/mol. The van der Waals surface area contributed by atoms with Crippen LogP contribution in [0.3, 0.4) is 0 Å². The molecule has 0 aliphatic heterocycles. The van der Waals surface area contributed by atoms with Crippen LogP contribution in [0.15, 0.2) is 53.1 Å². The van der Waals surface area contributed by atoms with Crippen molar-refractivity contribution < 1.29 is 27.2 Å². The molecule has 0 saturated carbocycles. The number of hydrogen-bond donors (Lipinski definition) is 3. The summed E-state index contributed by atoms with van der Waals surface area (Å²) in [6.45, 7) is 0. The van der Waals surface area contributed by atoms with Crippen LogP contribution in [0.25, 0.3) is 0 Å². The van der Waals surface area contributed by atoms with E-state index in [1.54, 1.807) is 6.07 Å². The first-order chi connectivity index (χ1) is 13.7. The van der Waals surface area contributed by atoms with Crippen LogP contribution in [-0.4, -0.2) is 33.1 Å². The fourth-order valence-corrected chi connectivity index (χ4v) is 2.96. The molecule has 0 spiro atoms. The van der Waals surface area contributed by atoms with E-state index in [0.29, 0.717) is 22.2 Å². The standard InChI is InChI=1S/C18H16ClN3O6S/c1-27-16-8-15(17(28-2)7-14(16)19)21-10-11(9-20)18(23)22-12-4-3-5-13(6-12)29(24,25)26/h3-8,10,21H,1-2H3,(H,22,23)(H,24,25,26)/b11-10-. The van der Waals surface area contributed by atoms with Crippen molar-refractivity contribution in [1.29, 1.82) is 5.26 Å². The van der Waals surface area contributed by atoms with Crippen LogP contribution in [0.5, 0.6) is 11.5 Å². The lowest BCUT2D eigenvalue weighted by Crippen LogP contribution is -2.15. The summed E-state index contributed by atoms with van der Waals surface area (Å²) >= 11 is 6.03. The molecular formula is C18H16ClN3O6S. The van der Waals surface area contributed by atoms with E-state index in [4.69, 9.17) is 25.6 Å². The second-order valence-electron chi connectivity index (χ2n) is 5.46. The van der Waals surface area contributed by atoms with Crippen molar-refractivity contribution in [2.24, 2.45) is 0 Å². The van der Waals surface area contributed by atoms with Gasteiger partial charge in [-0.05, 0) is 18.2 Å². The topological polar surface area (TPSA) is 138 Å². The highest BCUT2D eigenvalue weighted by Gasteiger charge is 2.14. The van der Waals surface area contributed by atoms with Gasteiger partial charge < -0.3 is 20.1 Å². The maximum atomic E-state index is 12.3. The first-order valence-electron chi connectivity index (χ1n) is 7.86. The average Bonchev–Trinajstić information content (AvgIpc) is 2.68. The Bertz CT molecular complexity index is 1110. The number of benzene rings is 2. The molecule has 0 aliphatic carbocycles. The van der Waals surface area contributed by atoms with Crippen molar-refractivity contribution in [3.63, 3.8) is 0 Å². The van der Waals surface area contributed by atoms with Gasteiger partial charge in [-0.25, -0.2) is 0 Å². The van der Waals surface area contributed by atoms with Crippen molar-refractivity contribution >= 4 is 39.0 Å². The fraction of sp³-hybridized carbons (Fsp3) is 0.111. The van der Waals surface area contributed by atoms with Crippen molar-refractivity contribution in [3.05, 3.63) is 53.2 Å². The number of halogens is 1. The van der Waals surface area contributed by atoms with Crippen LogP contribution in [0.2, 0.25) is 5.02 Å². The molecule has 0 aliphatic rings. The van der Waals surface area contributed by atoms with Gasteiger partial charge >= 0.3 is 0 Å². The number of nitrogens with zero attached hydrogens (tertiary/aromatic N) is 1. The van der Waals surface area contributed by atoms with Gasteiger partial charge in [0, 0.05) is 24.0 Å². The summed E-state index contributed by atoms with van der Waals surface area (Å²) in [6.07, 6.45) is 1.15. The predicted octanol–water partition coefficient (Wildman–Crippen LogP) is 3.06. The van der Waals surface area contributed by atoms with Gasteiger partial charge in [0.1, 0.15) is 23.1 Å². The first-order valence-corrected chi connectivity index (χ1v) is 9.68. The number of nitriles is 1. The highest BCUT2D eigenvalue weighted by Crippen LogP contribution is 2.35. The Morgan fingerprint density at radius 3 is 2.48 bits per heavy atom. The molecule has 0 heterocycles. The van der Waals surface area contributed by atoms with Gasteiger partial charge in [0.25, 0.3) is 16.0 Å². The van der Waals surface area contributed by atoms with Crippen molar-refractivity contribution in [1.82, 2.24) is 0 Å². The van der Waals surface area contributed by atoms with Gasteiger partial charge in [-0.2, -0.15) is 13.7 Å². The van der Waals surface area contributed by atoms with Crippen LogP contribution < -0.4 is 20.1 Å². The number of carbonyl (C=O) groups excluding carboxylic acids is 1. The molecule has 0 bridgehead atoms. The Balaban J connectivity index is 2.25. The summed E-state index contributed by atoms with van der Waals surface area (Å²) < 4.78 is 41.8. The molecule has 29 heavy (non-hydrogen) atoms. The molecule has 3 N–H and O–H groups in total. The van der Waals surface area contributed by atoms with Gasteiger partial charge in [0.05, 0.1) is 29.8 Å². The zero-order chi connectivity index (χ0) is 21.6. The first kappa shape index (κ1) is 22.0. The molecule has 9 nitrogen and oxygen atoms in total. The second kappa shape index (κ2) is 9.29. The molecule has 0 aromatic heterocycles. The normalized spacial score (nSPS) is 11.3. The molecule has 2 aromatic rings. The third kappa shape index (κ3) is 5.61. The summed E-state index contributed by atoms with van der Waals surface area (Å²) in [4.78, 5) is 11.9. The van der Waals surface area contributed by atoms with Crippen molar-refractivity contribution in [3.8, 4) is 17.6 Å². The Hall–Kier alpha value is -3.26. The van der Waals surface area contributed by atoms with E-state index < -0.39 is 20.9 Å². The van der Waals surface area contributed by atoms with E-state index >= 15 is 0 Å². The van der Waals surface area contributed by atoms with Crippen LogP contribution in [0, 0.1) is 11.3 Å². The molecule has 1 amide bonds. The minimum absolute atomic E-state index is 0.0806. The smallest absolute Gasteiger partial charge is 0.294 e. The van der Waals surface area contributed by atoms with E-state index in [1.165, 1.54) is 38.5 Å². The van der Waals surface area contributed by atoms with E-state index in [9.17, 15) is 18.5 Å². The molecule has 0 atom stereocenters. The number of rotatable bonds is 7. The summed E-state index contributed by atoms with van der Waals surface area (Å²) in [5, 5.41) is 14.7. The Morgan fingerprint density at radius 1 is 1.21 bits per heavy atom. The van der Waals surface area contributed by atoms with Gasteiger partial charge in [0.15, 0.2) is 0 Å². The minimum Gasteiger partial charge on any atom is -0.495 e. The second-order valence-corrected chi connectivity index (χ2v) is 7.29. The summed E-state index contributed by atoms with van der Waals surface area (Å²) in [5.41, 5.74) is 0.165. The molecule has 2 aromatic carbocycles. The number of anilines is 2. The SMILES string of the molecule is COc1cc(N/C=C(/C#N)C(=O)Nc2cccc(S(=O)(=O)O)c2)c(OC)cc1Cl. The van der Waals surface area contributed by atoms with Crippen LogP contribution in [0.1, 0.15) is 0 Å². The lowest BCUT2D eigenvalue weighted by Gasteiger charge is -2.12. The van der Waals surface area contributed by atoms with Gasteiger partial charge in [-0.1, -0.05) is 17.7 Å². The number of carbonyl (C=O) groups is 1. The van der Waals surface area contributed by atoms with E-state index in [0.717, 1.165) is 18.3 Å². The number of amides is 1. The van der Waals surface area contributed by atoms with Crippen molar-refractivity contribution in [2.45, 2.75) is 4.90 Å². The lowest BCUT2D eigenvalue weighted by molar-refractivity contribution is -0.112. The summed E-state index contributed by atoms with van der Waals surface area (Å²) in [7, 11) is -1.57. The third-order valence-electron chi connectivity index (χ3n) is 3.60. The van der Waals surface area contributed by atoms with Crippen molar-refractivity contribution in [2.75, 3.05) is 24.9 Å². The number of ether oxygens (including phenoxy) is 2. The number of nitrogens with one attached hydrogen (secondary N) is 2. The maximum absolute atomic E-state index is 12.3. The molecule has 2 rings (SSSR count). The van der Waals surface area contributed by atoms with Gasteiger partial charge in [0.2, 0.25) is 0 Å². The Morgan fingerprint density at radius 2 is 1.90 bits per heavy atom. The largest absolute Gasteiger partial charge is 0.495 e. The maximum Gasteiger partial charge on any atom is 0.294 e. The summed E-state index contributed by atoms with van der Waals surface area (Å²) in [6, 6.07) is 9.72. The lowest BCUT2D eigenvalue weighted by atomic mass is 10.2. The summed E-state index contributed by atoms with van der Waals surface area (Å²) in [5.74, 6) is -0.0914. The zero-order valence-electron chi connectivity index (χ0n) is 15.3. The predicted molar refractivity (Wildman–Crippen MR) is 107 cm³/mol. The van der Waals surface area contributed by atoms with Crippen LogP contribution >= 0.6 is 11.6 Å². The van der Waals surface area contributed by atoms with Gasteiger partial charge in [-0.3, -0.25) is 9.35 Å². The number of methoxy groups -OCH3 is 2. The van der Waals surface area contributed by atoms with E-state index in [1.807, 2.05) is 0 Å². The fourth-order valence-electron chi connectivity index (χ4n) is 2.20. The van der Waals surface area contributed by atoms with Gasteiger partial charge in [-0.15, -0.1) is 0 Å². The van der Waals surface area contributed by atoms with Crippen LogP contribution in [0.4, 0.5) is 11.4 Å². The molecule has 0 saturated heterocycles. The third-order valence-corrected chi connectivity index (χ3v) is 4.75. The highest BCUT2D eigenvalue weighted by atomic mass is 35.5. The van der Waals surface area contributed by atoms with E-state index in [-0.39, 0.29) is 11.3 Å². The molecule has 11 heteroatoms. The molecule has 0 fully saturated rings. The molecular weight excluding hydrogens is 422 g/mol. The zero-order valence-corrected chi connectivity index (χ0v) is 16.8. The quantitative estimate of drug-likeness (QED) is 0.341. The Kier molecular flexibility index (Phi) is 7.06. The molecule has 152 valence electrons. The minimum atomic E-state index is -4.43. The molecule has 0 radical (unpaired) electrons.